The highest BCUT2D eigenvalue weighted by atomic mass is 32.1. The number of aliphatic hydroxyl groups excluding tert-OH is 1. The monoisotopic (exact) mass is 438 g/mol. The molecule has 2 aromatic carbocycles. The number of nitrogens with one attached hydrogen (secondary N) is 2. The van der Waals surface area contributed by atoms with Gasteiger partial charge in [-0.25, -0.2) is 9.78 Å². The molecule has 0 aliphatic carbocycles. The highest BCUT2D eigenvalue weighted by Gasteiger charge is 2.18. The molecule has 1 atom stereocenters. The summed E-state index contributed by atoms with van der Waals surface area (Å²) in [6, 6.07) is 15.2. The molecular formula is C23H26N4O3S. The van der Waals surface area contributed by atoms with Crippen molar-refractivity contribution < 1.29 is 14.6 Å². The van der Waals surface area contributed by atoms with Gasteiger partial charge in [0.2, 0.25) is 0 Å². The molecule has 1 aliphatic heterocycles. The lowest BCUT2D eigenvalue weighted by molar-refractivity contribution is 0.106. The first-order chi connectivity index (χ1) is 15.2. The minimum atomic E-state index is -0.635. The van der Waals surface area contributed by atoms with E-state index in [1.54, 1.807) is 17.6 Å². The summed E-state index contributed by atoms with van der Waals surface area (Å²) in [7, 11) is 0. The van der Waals surface area contributed by atoms with E-state index in [9.17, 15) is 9.90 Å². The Morgan fingerprint density at radius 3 is 2.94 bits per heavy atom. The Morgan fingerprint density at radius 1 is 1.23 bits per heavy atom. The van der Waals surface area contributed by atoms with Gasteiger partial charge in [0.25, 0.3) is 0 Å². The lowest BCUT2D eigenvalue weighted by Crippen LogP contribution is -2.42. The number of ether oxygens (including phenoxy) is 1. The number of hydrogen-bond acceptors (Lipinski definition) is 6. The van der Waals surface area contributed by atoms with Crippen molar-refractivity contribution in [3.05, 3.63) is 76.2 Å². The molecule has 3 aromatic rings. The van der Waals surface area contributed by atoms with Gasteiger partial charge in [0, 0.05) is 43.3 Å². The smallest absolute Gasteiger partial charge is 0.319 e. The van der Waals surface area contributed by atoms with Gasteiger partial charge in [0.1, 0.15) is 12.4 Å². The molecule has 0 saturated heterocycles. The first kappa shape index (κ1) is 21.3. The molecule has 8 heteroatoms. The van der Waals surface area contributed by atoms with Crippen LogP contribution < -0.4 is 15.4 Å². The highest BCUT2D eigenvalue weighted by Crippen LogP contribution is 2.19. The van der Waals surface area contributed by atoms with Crippen LogP contribution in [0.2, 0.25) is 0 Å². The van der Waals surface area contributed by atoms with Crippen LogP contribution in [0.1, 0.15) is 16.8 Å². The average Bonchev–Trinajstić information content (AvgIpc) is 3.30. The number of carbonyl (C=O) groups is 1. The normalized spacial score (nSPS) is 14.5. The minimum absolute atomic E-state index is 0.185. The van der Waals surface area contributed by atoms with E-state index in [2.05, 4.69) is 38.7 Å². The quantitative estimate of drug-likeness (QED) is 0.503. The number of benzene rings is 2. The van der Waals surface area contributed by atoms with Crippen LogP contribution in [0.15, 0.2) is 59.4 Å². The standard InChI is InChI=1S/C23H26N4O3S/c28-21(13-27-9-8-17-4-1-2-5-18(17)12-27)11-24-23(29)26-19-6-3-7-22(10-19)30-14-20-15-31-16-25-20/h1-7,10,15-16,21,28H,8-9,11-14H2,(H2,24,26,29). The van der Waals surface area contributed by atoms with Crippen molar-refractivity contribution in [2.24, 2.45) is 0 Å². The number of urea groups is 1. The second kappa shape index (κ2) is 10.4. The molecule has 162 valence electrons. The van der Waals surface area contributed by atoms with Gasteiger partial charge in [-0.3, -0.25) is 4.90 Å². The molecular weight excluding hydrogens is 412 g/mol. The number of hydrogen-bond donors (Lipinski definition) is 3. The average molecular weight is 439 g/mol. The van der Waals surface area contributed by atoms with Gasteiger partial charge >= 0.3 is 6.03 Å². The summed E-state index contributed by atoms with van der Waals surface area (Å²) in [5, 5.41) is 17.8. The Kier molecular flexibility index (Phi) is 7.14. The van der Waals surface area contributed by atoms with E-state index < -0.39 is 6.10 Å². The molecule has 2 heterocycles. The maximum atomic E-state index is 12.2. The first-order valence-electron chi connectivity index (χ1n) is 10.3. The molecule has 3 N–H and O–H groups in total. The molecule has 0 bridgehead atoms. The van der Waals surface area contributed by atoms with Gasteiger partial charge < -0.3 is 20.5 Å². The number of β-amino-alcohol motifs (C(OH)–C–C–N with tert-alkyl or cyclic N) is 1. The third-order valence-electron chi connectivity index (χ3n) is 5.14. The Labute approximate surface area is 185 Å². The minimum Gasteiger partial charge on any atom is -0.487 e. The highest BCUT2D eigenvalue weighted by molar-refractivity contribution is 7.07. The number of rotatable bonds is 8. The molecule has 0 saturated carbocycles. The predicted octanol–water partition coefficient (Wildman–Crippen LogP) is 3.26. The zero-order valence-corrected chi connectivity index (χ0v) is 18.0. The van der Waals surface area contributed by atoms with Crippen LogP contribution in [0, 0.1) is 0 Å². The van der Waals surface area contributed by atoms with Crippen molar-refractivity contribution in [2.75, 3.05) is 25.0 Å². The summed E-state index contributed by atoms with van der Waals surface area (Å²) >= 11 is 1.52. The number of amides is 2. The van der Waals surface area contributed by atoms with Crippen LogP contribution in [0.5, 0.6) is 5.75 Å². The van der Waals surface area contributed by atoms with Crippen molar-refractivity contribution in [3.63, 3.8) is 0 Å². The van der Waals surface area contributed by atoms with E-state index in [1.165, 1.54) is 22.5 Å². The van der Waals surface area contributed by atoms with Crippen molar-refractivity contribution in [1.29, 1.82) is 0 Å². The van der Waals surface area contributed by atoms with Gasteiger partial charge in [0.05, 0.1) is 17.3 Å². The van der Waals surface area contributed by atoms with Crippen LogP contribution >= 0.6 is 11.3 Å². The van der Waals surface area contributed by atoms with Crippen molar-refractivity contribution in [1.82, 2.24) is 15.2 Å². The first-order valence-corrected chi connectivity index (χ1v) is 11.2. The van der Waals surface area contributed by atoms with E-state index in [-0.39, 0.29) is 12.6 Å². The van der Waals surface area contributed by atoms with Crippen molar-refractivity contribution in [3.8, 4) is 5.75 Å². The molecule has 0 radical (unpaired) electrons. The predicted molar refractivity (Wildman–Crippen MR) is 121 cm³/mol. The summed E-state index contributed by atoms with van der Waals surface area (Å²) in [6.07, 6.45) is 0.348. The summed E-state index contributed by atoms with van der Waals surface area (Å²) in [4.78, 5) is 18.6. The Bertz CT molecular complexity index is 996. The molecule has 1 unspecified atom stereocenters. The Morgan fingerprint density at radius 2 is 2.10 bits per heavy atom. The van der Waals surface area contributed by atoms with E-state index in [1.807, 2.05) is 23.6 Å². The SMILES string of the molecule is O=C(NCC(O)CN1CCc2ccccc2C1)Nc1cccc(OCc2cscn2)c1. The number of aliphatic hydroxyl groups is 1. The van der Waals surface area contributed by atoms with Crippen LogP contribution in [0.25, 0.3) is 0 Å². The van der Waals surface area contributed by atoms with Gasteiger partial charge in [-0.1, -0.05) is 30.3 Å². The van der Waals surface area contributed by atoms with Crippen LogP contribution in [0.3, 0.4) is 0 Å². The number of thiazole rings is 1. The Hall–Kier alpha value is -2.94. The fourth-order valence-electron chi connectivity index (χ4n) is 3.59. The lowest BCUT2D eigenvalue weighted by Gasteiger charge is -2.30. The summed E-state index contributed by atoms with van der Waals surface area (Å²) in [5.74, 6) is 0.649. The molecule has 0 fully saturated rings. The number of anilines is 1. The van der Waals surface area contributed by atoms with E-state index in [4.69, 9.17) is 4.74 Å². The zero-order chi connectivity index (χ0) is 21.5. The van der Waals surface area contributed by atoms with Crippen LogP contribution in [-0.4, -0.2) is 46.8 Å². The number of fused-ring (bicyclic) bond motifs is 1. The maximum absolute atomic E-state index is 12.2. The fourth-order valence-corrected chi connectivity index (χ4v) is 4.13. The van der Waals surface area contributed by atoms with Crippen LogP contribution in [-0.2, 0) is 19.6 Å². The second-order valence-corrected chi connectivity index (χ2v) is 8.26. The molecule has 7 nitrogen and oxygen atoms in total. The number of nitrogens with zero attached hydrogens (tertiary/aromatic N) is 2. The van der Waals surface area contributed by atoms with Crippen molar-refractivity contribution >= 4 is 23.1 Å². The summed E-state index contributed by atoms with van der Waals surface area (Å²) < 4.78 is 5.71. The topological polar surface area (TPSA) is 86.7 Å². The summed E-state index contributed by atoms with van der Waals surface area (Å²) in [5.41, 5.74) is 5.94. The van der Waals surface area contributed by atoms with Gasteiger partial charge in [-0.2, -0.15) is 0 Å². The molecule has 0 spiro atoms. The van der Waals surface area contributed by atoms with Gasteiger partial charge in [-0.05, 0) is 29.7 Å². The molecule has 1 aromatic heterocycles. The van der Waals surface area contributed by atoms with Gasteiger partial charge in [-0.15, -0.1) is 11.3 Å². The third-order valence-corrected chi connectivity index (χ3v) is 5.77. The molecule has 1 aliphatic rings. The van der Waals surface area contributed by atoms with E-state index in [0.29, 0.717) is 24.6 Å². The summed E-state index contributed by atoms with van der Waals surface area (Å²) in [6.45, 7) is 2.83. The van der Waals surface area contributed by atoms with E-state index in [0.717, 1.165) is 25.2 Å². The zero-order valence-electron chi connectivity index (χ0n) is 17.2. The number of carbonyl (C=O) groups excluding carboxylic acids is 1. The van der Waals surface area contributed by atoms with E-state index >= 15 is 0 Å². The largest absolute Gasteiger partial charge is 0.487 e. The number of aromatic nitrogens is 1. The lowest BCUT2D eigenvalue weighted by atomic mass is 10.00. The maximum Gasteiger partial charge on any atom is 0.319 e. The second-order valence-electron chi connectivity index (χ2n) is 7.54. The molecule has 2 amide bonds. The molecule has 31 heavy (non-hydrogen) atoms. The van der Waals surface area contributed by atoms with Crippen molar-refractivity contribution in [2.45, 2.75) is 25.7 Å². The fraction of sp³-hybridized carbons (Fsp3) is 0.304. The van der Waals surface area contributed by atoms with Crippen LogP contribution in [0.4, 0.5) is 10.5 Å². The Balaban J connectivity index is 1.20. The molecule has 4 rings (SSSR count). The third kappa shape index (κ3) is 6.27. The van der Waals surface area contributed by atoms with Gasteiger partial charge in [0.15, 0.2) is 0 Å².